The molecule has 0 unspecified atom stereocenters. The smallest absolute Gasteiger partial charge is 0.222 e. The number of nitrogens with zero attached hydrogens (tertiary/aromatic N) is 2. The van der Waals surface area contributed by atoms with E-state index in [2.05, 4.69) is 32.2 Å². The summed E-state index contributed by atoms with van der Waals surface area (Å²) >= 11 is 3.41. The topological polar surface area (TPSA) is 56.1 Å². The second kappa shape index (κ2) is 6.07. The Bertz CT molecular complexity index is 516. The number of carbonyl (C=O) groups is 1. The van der Waals surface area contributed by atoms with Crippen molar-refractivity contribution in [3.8, 4) is 6.07 Å². The SMILES string of the molecule is CNC(=O)C1CCN(c2ccc(C#N)c(Br)c2)CC1. The number of carbonyl (C=O) groups excluding carboxylic acids is 1. The molecule has 1 aliphatic rings. The molecular formula is C14H16BrN3O. The van der Waals surface area contributed by atoms with E-state index in [4.69, 9.17) is 5.26 Å². The van der Waals surface area contributed by atoms with Crippen LogP contribution in [0.25, 0.3) is 0 Å². The van der Waals surface area contributed by atoms with Gasteiger partial charge in [0.2, 0.25) is 5.91 Å². The van der Waals surface area contributed by atoms with Crippen LogP contribution in [0.2, 0.25) is 0 Å². The quantitative estimate of drug-likeness (QED) is 0.909. The van der Waals surface area contributed by atoms with Crippen LogP contribution in [0.3, 0.4) is 0 Å². The highest BCUT2D eigenvalue weighted by molar-refractivity contribution is 9.10. The summed E-state index contributed by atoms with van der Waals surface area (Å²) in [6.45, 7) is 1.74. The van der Waals surface area contributed by atoms with Crippen LogP contribution in [0.4, 0.5) is 5.69 Å². The van der Waals surface area contributed by atoms with E-state index in [0.717, 1.165) is 36.1 Å². The van der Waals surface area contributed by atoms with Crippen molar-refractivity contribution in [2.75, 3.05) is 25.0 Å². The van der Waals surface area contributed by atoms with Crippen molar-refractivity contribution < 1.29 is 4.79 Å². The normalized spacial score (nSPS) is 15.9. The first-order chi connectivity index (χ1) is 9.15. The number of anilines is 1. The molecule has 1 N–H and O–H groups in total. The van der Waals surface area contributed by atoms with Crippen molar-refractivity contribution in [2.24, 2.45) is 5.92 Å². The summed E-state index contributed by atoms with van der Waals surface area (Å²) in [5.41, 5.74) is 1.74. The number of nitriles is 1. The van der Waals surface area contributed by atoms with E-state index in [1.807, 2.05) is 18.2 Å². The minimum Gasteiger partial charge on any atom is -0.371 e. The molecule has 1 aromatic rings. The predicted molar refractivity (Wildman–Crippen MR) is 77.9 cm³/mol. The first kappa shape index (κ1) is 13.9. The number of benzene rings is 1. The van der Waals surface area contributed by atoms with Crippen LogP contribution in [0.15, 0.2) is 22.7 Å². The Kier molecular flexibility index (Phi) is 4.43. The molecule has 0 bridgehead atoms. The van der Waals surface area contributed by atoms with Crippen LogP contribution in [0.5, 0.6) is 0 Å². The number of hydrogen-bond donors (Lipinski definition) is 1. The lowest BCUT2D eigenvalue weighted by Crippen LogP contribution is -2.39. The van der Waals surface area contributed by atoms with E-state index in [1.54, 1.807) is 7.05 Å². The average molecular weight is 322 g/mol. The fraction of sp³-hybridized carbons (Fsp3) is 0.429. The summed E-state index contributed by atoms with van der Waals surface area (Å²) < 4.78 is 0.820. The van der Waals surface area contributed by atoms with Gasteiger partial charge in [-0.25, -0.2) is 0 Å². The van der Waals surface area contributed by atoms with Gasteiger partial charge in [-0.15, -0.1) is 0 Å². The van der Waals surface area contributed by atoms with Crippen LogP contribution < -0.4 is 10.2 Å². The second-order valence-corrected chi connectivity index (χ2v) is 5.51. The lowest BCUT2D eigenvalue weighted by atomic mass is 9.95. The molecule has 0 spiro atoms. The van der Waals surface area contributed by atoms with Gasteiger partial charge in [0.1, 0.15) is 6.07 Å². The van der Waals surface area contributed by atoms with E-state index in [1.165, 1.54) is 0 Å². The molecule has 0 radical (unpaired) electrons. The standard InChI is InChI=1S/C14H16BrN3O/c1-17-14(19)10-4-6-18(7-5-10)12-3-2-11(9-16)13(15)8-12/h2-3,8,10H,4-7H2,1H3,(H,17,19). The minimum atomic E-state index is 0.128. The van der Waals surface area contributed by atoms with Crippen molar-refractivity contribution in [3.63, 3.8) is 0 Å². The van der Waals surface area contributed by atoms with Gasteiger partial charge in [0.15, 0.2) is 0 Å². The van der Waals surface area contributed by atoms with Gasteiger partial charge >= 0.3 is 0 Å². The third-order valence-corrected chi connectivity index (χ3v) is 4.21. The van der Waals surface area contributed by atoms with Gasteiger partial charge in [-0.2, -0.15) is 5.26 Å². The number of halogens is 1. The van der Waals surface area contributed by atoms with Crippen LogP contribution >= 0.6 is 15.9 Å². The van der Waals surface area contributed by atoms with Crippen molar-refractivity contribution in [2.45, 2.75) is 12.8 Å². The largest absolute Gasteiger partial charge is 0.371 e. The highest BCUT2D eigenvalue weighted by Gasteiger charge is 2.24. The fourth-order valence-corrected chi connectivity index (χ4v) is 2.85. The van der Waals surface area contributed by atoms with Crippen LogP contribution in [-0.2, 0) is 4.79 Å². The maximum absolute atomic E-state index is 11.6. The van der Waals surface area contributed by atoms with Gasteiger partial charge in [-0.05, 0) is 47.0 Å². The van der Waals surface area contributed by atoms with Crippen molar-refractivity contribution in [3.05, 3.63) is 28.2 Å². The molecule has 1 aliphatic heterocycles. The summed E-state index contributed by atoms with van der Waals surface area (Å²) in [5.74, 6) is 0.267. The fourth-order valence-electron chi connectivity index (χ4n) is 2.40. The van der Waals surface area contributed by atoms with E-state index in [9.17, 15) is 4.79 Å². The summed E-state index contributed by atoms with van der Waals surface area (Å²) in [6, 6.07) is 7.89. The van der Waals surface area contributed by atoms with Crippen LogP contribution in [0, 0.1) is 17.2 Å². The molecule has 1 saturated heterocycles. The number of hydrogen-bond acceptors (Lipinski definition) is 3. The number of amides is 1. The molecule has 2 rings (SSSR count). The van der Waals surface area contributed by atoms with E-state index >= 15 is 0 Å². The molecule has 0 aromatic heterocycles. The Labute approximate surface area is 121 Å². The molecule has 1 aromatic carbocycles. The number of piperidine rings is 1. The average Bonchev–Trinajstić information content (AvgIpc) is 2.46. The Morgan fingerprint density at radius 2 is 2.16 bits per heavy atom. The van der Waals surface area contributed by atoms with Gasteiger partial charge in [0, 0.05) is 36.2 Å². The van der Waals surface area contributed by atoms with Crippen LogP contribution in [-0.4, -0.2) is 26.0 Å². The van der Waals surface area contributed by atoms with Crippen molar-refractivity contribution >= 4 is 27.5 Å². The molecule has 1 heterocycles. The first-order valence-corrected chi connectivity index (χ1v) is 7.11. The molecule has 0 saturated carbocycles. The maximum atomic E-state index is 11.6. The molecule has 0 aliphatic carbocycles. The van der Waals surface area contributed by atoms with E-state index in [0.29, 0.717) is 5.56 Å². The molecule has 5 heteroatoms. The zero-order valence-electron chi connectivity index (χ0n) is 10.8. The number of rotatable bonds is 2. The third-order valence-electron chi connectivity index (χ3n) is 3.55. The lowest BCUT2D eigenvalue weighted by Gasteiger charge is -2.33. The van der Waals surface area contributed by atoms with Crippen molar-refractivity contribution in [1.82, 2.24) is 5.32 Å². The monoisotopic (exact) mass is 321 g/mol. The lowest BCUT2D eigenvalue weighted by molar-refractivity contribution is -0.125. The summed E-state index contributed by atoms with van der Waals surface area (Å²) in [4.78, 5) is 13.8. The predicted octanol–water partition coefficient (Wildman–Crippen LogP) is 2.28. The molecule has 4 nitrogen and oxygen atoms in total. The van der Waals surface area contributed by atoms with Gasteiger partial charge in [-0.1, -0.05) is 0 Å². The zero-order valence-corrected chi connectivity index (χ0v) is 12.4. The van der Waals surface area contributed by atoms with Gasteiger partial charge in [0.25, 0.3) is 0 Å². The maximum Gasteiger partial charge on any atom is 0.222 e. The first-order valence-electron chi connectivity index (χ1n) is 6.32. The Balaban J connectivity index is 2.04. The third kappa shape index (κ3) is 3.07. The highest BCUT2D eigenvalue weighted by Crippen LogP contribution is 2.27. The van der Waals surface area contributed by atoms with E-state index in [-0.39, 0.29) is 11.8 Å². The molecule has 1 amide bonds. The Morgan fingerprint density at radius 1 is 1.47 bits per heavy atom. The van der Waals surface area contributed by atoms with Gasteiger partial charge in [0.05, 0.1) is 5.56 Å². The van der Waals surface area contributed by atoms with Crippen molar-refractivity contribution in [1.29, 1.82) is 5.26 Å². The molecule has 19 heavy (non-hydrogen) atoms. The zero-order chi connectivity index (χ0) is 13.8. The second-order valence-electron chi connectivity index (χ2n) is 4.65. The molecular weight excluding hydrogens is 306 g/mol. The minimum absolute atomic E-state index is 0.128. The van der Waals surface area contributed by atoms with Gasteiger partial charge < -0.3 is 10.2 Å². The Morgan fingerprint density at radius 3 is 2.68 bits per heavy atom. The van der Waals surface area contributed by atoms with E-state index < -0.39 is 0 Å². The van der Waals surface area contributed by atoms with Gasteiger partial charge in [-0.3, -0.25) is 4.79 Å². The summed E-state index contributed by atoms with van der Waals surface area (Å²) in [7, 11) is 1.69. The molecule has 100 valence electrons. The van der Waals surface area contributed by atoms with Crippen LogP contribution in [0.1, 0.15) is 18.4 Å². The number of nitrogens with one attached hydrogen (secondary N) is 1. The molecule has 1 fully saturated rings. The summed E-state index contributed by atoms with van der Waals surface area (Å²) in [6.07, 6.45) is 1.74. The Hall–Kier alpha value is -1.54. The highest BCUT2D eigenvalue weighted by atomic mass is 79.9. The summed E-state index contributed by atoms with van der Waals surface area (Å²) in [5, 5.41) is 11.6. The molecule has 0 atom stereocenters.